The number of aliphatic hydroxyl groups is 1. The normalized spacial score (nSPS) is 13.4. The van der Waals surface area contributed by atoms with Gasteiger partial charge in [-0.25, -0.2) is 0 Å². The summed E-state index contributed by atoms with van der Waals surface area (Å²) < 4.78 is 4.93. The fourth-order valence-corrected chi connectivity index (χ4v) is 2.63. The third kappa shape index (κ3) is 5.10. The lowest BCUT2D eigenvalue weighted by atomic mass is 9.98. The van der Waals surface area contributed by atoms with Crippen LogP contribution in [0.2, 0.25) is 5.02 Å². The number of methoxy groups -OCH3 is 1. The molecule has 0 aliphatic carbocycles. The van der Waals surface area contributed by atoms with Crippen LogP contribution >= 0.6 is 11.6 Å². The molecule has 0 heterocycles. The molecule has 0 saturated heterocycles. The van der Waals surface area contributed by atoms with Gasteiger partial charge in [-0.3, -0.25) is 0 Å². The Balaban J connectivity index is 1.98. The van der Waals surface area contributed by atoms with Crippen LogP contribution in [0.4, 0.5) is 0 Å². The summed E-state index contributed by atoms with van der Waals surface area (Å²) >= 11 is 6.02. The molecule has 0 aliphatic rings. The summed E-state index contributed by atoms with van der Waals surface area (Å²) in [5.74, 6) is 0.344. The second-order valence-corrected chi connectivity index (χ2v) is 6.03. The van der Waals surface area contributed by atoms with Gasteiger partial charge >= 0.3 is 0 Å². The Morgan fingerprint density at radius 2 is 1.91 bits per heavy atom. The molecule has 2 unspecified atom stereocenters. The van der Waals surface area contributed by atoms with Crippen molar-refractivity contribution in [2.24, 2.45) is 5.73 Å². The van der Waals surface area contributed by atoms with Gasteiger partial charge in [-0.1, -0.05) is 54.6 Å². The second kappa shape index (κ2) is 8.16. The smallest absolute Gasteiger partial charge is 0.117 e. The van der Waals surface area contributed by atoms with Crippen LogP contribution in [0.1, 0.15) is 12.0 Å². The molecule has 23 heavy (non-hydrogen) atoms. The van der Waals surface area contributed by atoms with E-state index in [9.17, 15) is 5.11 Å². The first-order valence-electron chi connectivity index (χ1n) is 7.51. The van der Waals surface area contributed by atoms with Crippen molar-refractivity contribution in [2.45, 2.75) is 25.0 Å². The Morgan fingerprint density at radius 1 is 1.22 bits per heavy atom. The molecule has 2 atom stereocenters. The molecule has 0 saturated carbocycles. The lowest BCUT2D eigenvalue weighted by Crippen LogP contribution is -2.29. The zero-order valence-electron chi connectivity index (χ0n) is 13.2. The molecule has 0 aromatic heterocycles. The lowest BCUT2D eigenvalue weighted by Gasteiger charge is -2.17. The number of rotatable bonds is 7. The predicted octanol–water partition coefficient (Wildman–Crippen LogP) is 3.79. The monoisotopic (exact) mass is 331 g/mol. The number of nitrogens with two attached hydrogens (primary N) is 1. The highest BCUT2D eigenvalue weighted by Gasteiger charge is 2.14. The summed E-state index contributed by atoms with van der Waals surface area (Å²) in [4.78, 5) is 0. The minimum atomic E-state index is -0.735. The number of hydrogen-bond donors (Lipinski definition) is 2. The topological polar surface area (TPSA) is 55.5 Å². The summed E-state index contributed by atoms with van der Waals surface area (Å²) in [7, 11) is 1.49. The minimum absolute atomic E-state index is 0.158. The van der Waals surface area contributed by atoms with Gasteiger partial charge in [0, 0.05) is 11.1 Å². The summed E-state index contributed by atoms with van der Waals surface area (Å²) in [5, 5.41) is 10.6. The summed E-state index contributed by atoms with van der Waals surface area (Å²) in [6, 6.07) is 15.8. The molecule has 4 heteroatoms. The SMILES string of the molecule is C=C(OC)C(O)CC(N)Cc1ccc(-c2cccc(Cl)c2)cc1. The van der Waals surface area contributed by atoms with Crippen molar-refractivity contribution in [1.29, 1.82) is 0 Å². The Kier molecular flexibility index (Phi) is 6.22. The quantitative estimate of drug-likeness (QED) is 0.759. The molecule has 0 aliphatic heterocycles. The van der Waals surface area contributed by atoms with Crippen molar-refractivity contribution in [3.63, 3.8) is 0 Å². The van der Waals surface area contributed by atoms with Crippen molar-refractivity contribution in [3.8, 4) is 11.1 Å². The van der Waals surface area contributed by atoms with Crippen LogP contribution in [0, 0.1) is 0 Å². The van der Waals surface area contributed by atoms with E-state index in [4.69, 9.17) is 22.1 Å². The number of benzene rings is 2. The van der Waals surface area contributed by atoms with E-state index in [2.05, 4.69) is 18.7 Å². The van der Waals surface area contributed by atoms with Crippen molar-refractivity contribution in [3.05, 3.63) is 71.5 Å². The number of aliphatic hydroxyl groups excluding tert-OH is 1. The van der Waals surface area contributed by atoms with Gasteiger partial charge in [-0.2, -0.15) is 0 Å². The molecular weight excluding hydrogens is 310 g/mol. The van der Waals surface area contributed by atoms with Crippen LogP contribution in [-0.2, 0) is 11.2 Å². The van der Waals surface area contributed by atoms with E-state index in [1.807, 2.05) is 36.4 Å². The summed E-state index contributed by atoms with van der Waals surface area (Å²) in [6.07, 6.45) is 0.368. The molecule has 0 radical (unpaired) electrons. The van der Waals surface area contributed by atoms with Crippen LogP contribution in [0.15, 0.2) is 60.9 Å². The van der Waals surface area contributed by atoms with Gasteiger partial charge in [-0.05, 0) is 41.7 Å². The van der Waals surface area contributed by atoms with E-state index in [-0.39, 0.29) is 6.04 Å². The van der Waals surface area contributed by atoms with Gasteiger partial charge in [0.25, 0.3) is 0 Å². The first-order chi connectivity index (χ1) is 11.0. The predicted molar refractivity (Wildman–Crippen MR) is 95.3 cm³/mol. The maximum atomic E-state index is 9.87. The third-order valence-corrected chi connectivity index (χ3v) is 4.00. The fourth-order valence-electron chi connectivity index (χ4n) is 2.44. The molecule has 2 aromatic rings. The van der Waals surface area contributed by atoms with Gasteiger partial charge in [0.05, 0.1) is 7.11 Å². The average molecular weight is 332 g/mol. The maximum Gasteiger partial charge on any atom is 0.117 e. The van der Waals surface area contributed by atoms with Crippen molar-refractivity contribution in [1.82, 2.24) is 0 Å². The van der Waals surface area contributed by atoms with E-state index in [1.165, 1.54) is 7.11 Å². The molecule has 0 bridgehead atoms. The van der Waals surface area contributed by atoms with Crippen LogP contribution in [0.3, 0.4) is 0 Å². The Labute approximate surface area is 142 Å². The van der Waals surface area contributed by atoms with Gasteiger partial charge in [0.15, 0.2) is 0 Å². The van der Waals surface area contributed by atoms with E-state index in [0.717, 1.165) is 21.7 Å². The van der Waals surface area contributed by atoms with Gasteiger partial charge in [0.1, 0.15) is 11.9 Å². The highest BCUT2D eigenvalue weighted by Crippen LogP contribution is 2.23. The first-order valence-corrected chi connectivity index (χ1v) is 7.88. The lowest BCUT2D eigenvalue weighted by molar-refractivity contribution is 0.116. The largest absolute Gasteiger partial charge is 0.499 e. The first kappa shape index (κ1) is 17.5. The highest BCUT2D eigenvalue weighted by molar-refractivity contribution is 6.30. The van der Waals surface area contributed by atoms with Crippen molar-refractivity contribution >= 4 is 11.6 Å². The Morgan fingerprint density at radius 3 is 2.52 bits per heavy atom. The van der Waals surface area contributed by atoms with Gasteiger partial charge < -0.3 is 15.6 Å². The molecule has 0 fully saturated rings. The molecule has 3 nitrogen and oxygen atoms in total. The maximum absolute atomic E-state index is 9.87. The summed E-state index contributed by atoms with van der Waals surface area (Å²) in [5.41, 5.74) is 9.41. The van der Waals surface area contributed by atoms with E-state index in [0.29, 0.717) is 18.6 Å². The second-order valence-electron chi connectivity index (χ2n) is 5.59. The van der Waals surface area contributed by atoms with Crippen molar-refractivity contribution < 1.29 is 9.84 Å². The van der Waals surface area contributed by atoms with Crippen LogP contribution in [0.25, 0.3) is 11.1 Å². The van der Waals surface area contributed by atoms with E-state index >= 15 is 0 Å². The van der Waals surface area contributed by atoms with Crippen LogP contribution in [0.5, 0.6) is 0 Å². The van der Waals surface area contributed by atoms with E-state index < -0.39 is 6.10 Å². The van der Waals surface area contributed by atoms with Crippen LogP contribution in [-0.4, -0.2) is 24.4 Å². The summed E-state index contributed by atoms with van der Waals surface area (Å²) in [6.45, 7) is 3.65. The Hall–Kier alpha value is -1.81. The van der Waals surface area contributed by atoms with Gasteiger partial charge in [-0.15, -0.1) is 0 Å². The average Bonchev–Trinajstić information content (AvgIpc) is 2.54. The van der Waals surface area contributed by atoms with E-state index in [1.54, 1.807) is 0 Å². The molecule has 0 spiro atoms. The fraction of sp³-hybridized carbons (Fsp3) is 0.263. The number of hydrogen-bond acceptors (Lipinski definition) is 3. The highest BCUT2D eigenvalue weighted by atomic mass is 35.5. The van der Waals surface area contributed by atoms with Crippen molar-refractivity contribution in [2.75, 3.05) is 7.11 Å². The van der Waals surface area contributed by atoms with Crippen LogP contribution < -0.4 is 5.73 Å². The minimum Gasteiger partial charge on any atom is -0.499 e. The third-order valence-electron chi connectivity index (χ3n) is 3.77. The molecular formula is C19H22ClNO2. The molecule has 122 valence electrons. The van der Waals surface area contributed by atoms with Gasteiger partial charge in [0.2, 0.25) is 0 Å². The molecule has 0 amide bonds. The Bertz CT molecular complexity index is 655. The molecule has 2 rings (SSSR count). The number of halogens is 1. The molecule has 2 aromatic carbocycles. The standard InChI is InChI=1S/C19H22ClNO2/c1-13(23-2)19(22)12-18(21)10-14-6-8-15(9-7-14)16-4-3-5-17(20)11-16/h3-9,11,18-19,22H,1,10,12,21H2,2H3. The number of ether oxygens (including phenoxy) is 1. The zero-order chi connectivity index (χ0) is 16.8. The zero-order valence-corrected chi connectivity index (χ0v) is 14.0. The molecule has 3 N–H and O–H groups in total.